The highest BCUT2D eigenvalue weighted by Crippen LogP contribution is 2.27. The molecule has 1 unspecified atom stereocenters. The van der Waals surface area contributed by atoms with Crippen LogP contribution in [0.25, 0.3) is 0 Å². The Morgan fingerprint density at radius 2 is 1.58 bits per heavy atom. The second kappa shape index (κ2) is 9.24. The number of para-hydroxylation sites is 2. The average molecular weight is 445 g/mol. The molecule has 168 valence electrons. The largest absolute Gasteiger partial charge is 0.325 e. The van der Waals surface area contributed by atoms with Crippen molar-refractivity contribution < 1.29 is 18.8 Å². The Morgan fingerprint density at radius 3 is 2.27 bits per heavy atom. The molecule has 7 heteroatoms. The molecule has 3 amide bonds. The third-order valence-electron chi connectivity index (χ3n) is 5.78. The van der Waals surface area contributed by atoms with Gasteiger partial charge in [0.15, 0.2) is 0 Å². The normalized spacial score (nSPS) is 15.4. The molecule has 1 aliphatic heterocycles. The number of aryl methyl sites for hydroxylation is 2. The zero-order chi connectivity index (χ0) is 23.5. The van der Waals surface area contributed by atoms with E-state index in [4.69, 9.17) is 0 Å². The van der Waals surface area contributed by atoms with Crippen LogP contribution in [0.3, 0.4) is 0 Å². The molecule has 3 aromatic rings. The minimum atomic E-state index is -0.586. The fourth-order valence-electron chi connectivity index (χ4n) is 3.97. The van der Waals surface area contributed by atoms with Gasteiger partial charge in [0.2, 0.25) is 11.8 Å². The Balaban J connectivity index is 1.49. The van der Waals surface area contributed by atoms with Gasteiger partial charge in [-0.2, -0.15) is 0 Å². The Bertz CT molecular complexity index is 1200. The van der Waals surface area contributed by atoms with Gasteiger partial charge in [-0.1, -0.05) is 30.3 Å². The van der Waals surface area contributed by atoms with Gasteiger partial charge in [-0.05, 0) is 61.4 Å². The van der Waals surface area contributed by atoms with Crippen LogP contribution in [-0.2, 0) is 9.59 Å². The van der Waals surface area contributed by atoms with Crippen LogP contribution >= 0.6 is 0 Å². The van der Waals surface area contributed by atoms with Crippen LogP contribution in [0.1, 0.15) is 27.9 Å². The van der Waals surface area contributed by atoms with Crippen molar-refractivity contribution in [2.45, 2.75) is 20.3 Å². The molecular formula is C26H24FN3O3. The van der Waals surface area contributed by atoms with Gasteiger partial charge in [-0.25, -0.2) is 4.39 Å². The third-order valence-corrected chi connectivity index (χ3v) is 5.78. The first kappa shape index (κ1) is 22.2. The van der Waals surface area contributed by atoms with Crippen molar-refractivity contribution in [3.63, 3.8) is 0 Å². The zero-order valence-electron chi connectivity index (χ0n) is 18.4. The van der Waals surface area contributed by atoms with Crippen molar-refractivity contribution in [1.82, 2.24) is 0 Å². The number of anilines is 3. The first-order valence-corrected chi connectivity index (χ1v) is 10.7. The molecule has 0 radical (unpaired) electrons. The highest BCUT2D eigenvalue weighted by atomic mass is 19.1. The topological polar surface area (TPSA) is 78.5 Å². The highest BCUT2D eigenvalue weighted by Gasteiger charge is 2.35. The summed E-state index contributed by atoms with van der Waals surface area (Å²) in [4.78, 5) is 39.9. The molecule has 1 heterocycles. The Kier molecular flexibility index (Phi) is 6.22. The number of halogens is 1. The van der Waals surface area contributed by atoms with E-state index in [1.807, 2.05) is 32.0 Å². The number of nitrogens with zero attached hydrogens (tertiary/aromatic N) is 1. The predicted octanol–water partition coefficient (Wildman–Crippen LogP) is 4.69. The summed E-state index contributed by atoms with van der Waals surface area (Å²) >= 11 is 0. The predicted molar refractivity (Wildman–Crippen MR) is 126 cm³/mol. The van der Waals surface area contributed by atoms with E-state index in [1.165, 1.54) is 29.2 Å². The first-order chi connectivity index (χ1) is 15.8. The Morgan fingerprint density at radius 1 is 0.909 bits per heavy atom. The summed E-state index contributed by atoms with van der Waals surface area (Å²) < 4.78 is 13.2. The van der Waals surface area contributed by atoms with E-state index in [2.05, 4.69) is 10.6 Å². The van der Waals surface area contributed by atoms with Crippen LogP contribution in [0, 0.1) is 25.6 Å². The van der Waals surface area contributed by atoms with Gasteiger partial charge >= 0.3 is 0 Å². The van der Waals surface area contributed by atoms with E-state index in [1.54, 1.807) is 24.3 Å². The fraction of sp³-hybridized carbons (Fsp3) is 0.192. The molecule has 0 aromatic heterocycles. The molecule has 1 saturated heterocycles. The number of nitrogens with one attached hydrogen (secondary N) is 2. The lowest BCUT2D eigenvalue weighted by molar-refractivity contribution is -0.122. The van der Waals surface area contributed by atoms with Crippen LogP contribution in [0.4, 0.5) is 21.5 Å². The van der Waals surface area contributed by atoms with Gasteiger partial charge < -0.3 is 15.5 Å². The lowest BCUT2D eigenvalue weighted by atomic mass is 10.1. The molecule has 1 atom stereocenters. The molecule has 0 bridgehead atoms. The van der Waals surface area contributed by atoms with Crippen LogP contribution in [0.5, 0.6) is 0 Å². The minimum absolute atomic E-state index is 0.0416. The molecule has 0 spiro atoms. The maximum atomic E-state index is 13.2. The molecule has 4 rings (SSSR count). The monoisotopic (exact) mass is 445 g/mol. The summed E-state index contributed by atoms with van der Waals surface area (Å²) in [6.45, 7) is 4.02. The molecule has 33 heavy (non-hydrogen) atoms. The lowest BCUT2D eigenvalue weighted by Crippen LogP contribution is -2.28. The number of carbonyl (C=O) groups excluding carboxylic acids is 3. The van der Waals surface area contributed by atoms with Gasteiger partial charge in [0.25, 0.3) is 5.91 Å². The Labute approximate surface area is 191 Å². The van der Waals surface area contributed by atoms with E-state index < -0.39 is 11.7 Å². The van der Waals surface area contributed by atoms with E-state index in [0.717, 1.165) is 16.8 Å². The maximum Gasteiger partial charge on any atom is 0.257 e. The van der Waals surface area contributed by atoms with Crippen molar-refractivity contribution in [2.24, 2.45) is 5.92 Å². The molecule has 2 N–H and O–H groups in total. The number of hydrogen-bond donors (Lipinski definition) is 2. The van der Waals surface area contributed by atoms with Crippen molar-refractivity contribution >= 4 is 34.8 Å². The van der Waals surface area contributed by atoms with Crippen molar-refractivity contribution in [2.75, 3.05) is 22.1 Å². The number of hydrogen-bond acceptors (Lipinski definition) is 3. The van der Waals surface area contributed by atoms with Crippen LogP contribution < -0.4 is 15.5 Å². The minimum Gasteiger partial charge on any atom is -0.325 e. The molecule has 0 saturated carbocycles. The molecule has 1 aliphatic rings. The number of amides is 3. The second-order valence-electron chi connectivity index (χ2n) is 8.14. The number of benzene rings is 3. The van der Waals surface area contributed by atoms with Crippen LogP contribution in [0.2, 0.25) is 0 Å². The molecule has 6 nitrogen and oxygen atoms in total. The summed E-state index contributed by atoms with van der Waals surface area (Å²) in [5, 5.41) is 5.75. The quantitative estimate of drug-likeness (QED) is 0.598. The molecule has 0 aliphatic carbocycles. The van der Waals surface area contributed by atoms with Gasteiger partial charge in [-0.3, -0.25) is 14.4 Å². The molecular weight excluding hydrogens is 421 g/mol. The average Bonchev–Trinajstić information content (AvgIpc) is 3.19. The standard InChI is InChI=1S/C26H24FN3O3/c1-16-6-5-7-17(2)24(16)29-26(33)21-8-3-4-9-22(21)28-25(32)18-14-23(31)30(15-18)20-12-10-19(27)11-13-20/h3-13,18H,14-15H2,1-2H3,(H,28,32)(H,29,33). The third kappa shape index (κ3) is 4.77. The summed E-state index contributed by atoms with van der Waals surface area (Å²) in [5.41, 5.74) is 3.86. The van der Waals surface area contributed by atoms with Crippen molar-refractivity contribution in [1.29, 1.82) is 0 Å². The Hall–Kier alpha value is -4.00. The molecule has 1 fully saturated rings. The zero-order valence-corrected chi connectivity index (χ0v) is 18.4. The lowest BCUT2D eigenvalue weighted by Gasteiger charge is -2.17. The summed E-state index contributed by atoms with van der Waals surface area (Å²) in [6, 6.07) is 18.1. The summed E-state index contributed by atoms with van der Waals surface area (Å²) in [6.07, 6.45) is 0.0416. The fourth-order valence-corrected chi connectivity index (χ4v) is 3.97. The van der Waals surface area contributed by atoms with Gasteiger partial charge in [0.05, 0.1) is 17.2 Å². The molecule has 3 aromatic carbocycles. The van der Waals surface area contributed by atoms with Gasteiger partial charge in [-0.15, -0.1) is 0 Å². The SMILES string of the molecule is Cc1cccc(C)c1NC(=O)c1ccccc1NC(=O)C1CC(=O)N(c2ccc(F)cc2)C1. The van der Waals surface area contributed by atoms with Crippen LogP contribution in [-0.4, -0.2) is 24.3 Å². The van der Waals surface area contributed by atoms with E-state index in [0.29, 0.717) is 16.9 Å². The first-order valence-electron chi connectivity index (χ1n) is 10.7. The van der Waals surface area contributed by atoms with E-state index in [-0.39, 0.29) is 30.7 Å². The van der Waals surface area contributed by atoms with Crippen LogP contribution in [0.15, 0.2) is 66.7 Å². The van der Waals surface area contributed by atoms with Crippen molar-refractivity contribution in [3.8, 4) is 0 Å². The highest BCUT2D eigenvalue weighted by molar-refractivity contribution is 6.11. The van der Waals surface area contributed by atoms with E-state index >= 15 is 0 Å². The van der Waals surface area contributed by atoms with Gasteiger partial charge in [0, 0.05) is 24.3 Å². The van der Waals surface area contributed by atoms with E-state index in [9.17, 15) is 18.8 Å². The van der Waals surface area contributed by atoms with Gasteiger partial charge in [0.1, 0.15) is 5.82 Å². The van der Waals surface area contributed by atoms with Crippen molar-refractivity contribution in [3.05, 3.63) is 89.2 Å². The summed E-state index contributed by atoms with van der Waals surface area (Å²) in [7, 11) is 0. The number of rotatable bonds is 5. The maximum absolute atomic E-state index is 13.2. The smallest absolute Gasteiger partial charge is 0.257 e. The number of carbonyl (C=O) groups is 3. The summed E-state index contributed by atoms with van der Waals surface area (Å²) in [5.74, 6) is -1.87. The second-order valence-corrected chi connectivity index (χ2v) is 8.14.